The van der Waals surface area contributed by atoms with Crippen molar-refractivity contribution < 1.29 is 19.1 Å². The molecule has 0 unspecified atom stereocenters. The monoisotopic (exact) mass is 505 g/mol. The quantitative estimate of drug-likeness (QED) is 0.299. The van der Waals surface area contributed by atoms with Crippen LogP contribution in [0.5, 0.6) is 5.75 Å². The molecule has 0 saturated heterocycles. The molecule has 0 spiro atoms. The highest BCUT2D eigenvalue weighted by atomic mass is 32.1. The zero-order valence-electron chi connectivity index (χ0n) is 21.6. The van der Waals surface area contributed by atoms with Crippen molar-refractivity contribution in [2.24, 2.45) is 0 Å². The van der Waals surface area contributed by atoms with E-state index in [1.54, 1.807) is 19.1 Å². The van der Waals surface area contributed by atoms with Crippen molar-refractivity contribution in [3.05, 3.63) is 70.1 Å². The van der Waals surface area contributed by atoms with Crippen LogP contribution in [0.2, 0.25) is 0 Å². The van der Waals surface area contributed by atoms with Crippen LogP contribution in [0.3, 0.4) is 0 Å². The lowest BCUT2D eigenvalue weighted by Gasteiger charge is -2.13. The molecule has 0 bridgehead atoms. The number of ether oxygens (including phenoxy) is 2. The molecule has 1 amide bonds. The first-order valence-electron chi connectivity index (χ1n) is 12.9. The molecule has 6 heteroatoms. The predicted octanol–water partition coefficient (Wildman–Crippen LogP) is 7.99. The van der Waals surface area contributed by atoms with Crippen molar-refractivity contribution in [3.8, 4) is 16.9 Å². The maximum absolute atomic E-state index is 13.1. The van der Waals surface area contributed by atoms with Crippen LogP contribution in [-0.2, 0) is 4.74 Å². The van der Waals surface area contributed by atoms with Crippen molar-refractivity contribution in [2.75, 3.05) is 11.9 Å². The third-order valence-corrected chi connectivity index (χ3v) is 7.91. The average molecular weight is 506 g/mol. The molecule has 4 rings (SSSR count). The molecule has 1 aliphatic carbocycles. The summed E-state index contributed by atoms with van der Waals surface area (Å²) in [6, 6.07) is 15.5. The molecule has 1 fully saturated rings. The lowest BCUT2D eigenvalue weighted by Crippen LogP contribution is -2.15. The number of benzene rings is 2. The predicted molar refractivity (Wildman–Crippen MR) is 146 cm³/mol. The van der Waals surface area contributed by atoms with Crippen molar-refractivity contribution in [2.45, 2.75) is 71.8 Å². The highest BCUT2D eigenvalue weighted by Crippen LogP contribution is 2.41. The highest BCUT2D eigenvalue weighted by Gasteiger charge is 2.26. The molecule has 5 nitrogen and oxygen atoms in total. The maximum atomic E-state index is 13.1. The standard InChI is InChI=1S/C30H35NO4S/c1-5-19(3)21-11-13-22(14-12-21)26-20(4)36-29(27(26)30(33)34-6-2)31-28(32)23-15-17-25(18-16-23)35-24-9-7-8-10-24/h11-19,24H,5-10H2,1-4H3,(H,31,32)/t19-/m1/s1. The first kappa shape index (κ1) is 26.0. The van der Waals surface area contributed by atoms with Gasteiger partial charge in [0, 0.05) is 16.0 Å². The van der Waals surface area contributed by atoms with Crippen LogP contribution in [0.1, 0.15) is 89.9 Å². The number of anilines is 1. The fourth-order valence-electron chi connectivity index (χ4n) is 4.65. The molecule has 36 heavy (non-hydrogen) atoms. The summed E-state index contributed by atoms with van der Waals surface area (Å²) in [5.74, 6) is 0.545. The van der Waals surface area contributed by atoms with Gasteiger partial charge in [-0.3, -0.25) is 4.79 Å². The number of carbonyl (C=O) groups is 2. The molecule has 3 aromatic rings. The van der Waals surface area contributed by atoms with E-state index in [2.05, 4.69) is 31.3 Å². The fraction of sp³-hybridized carbons (Fsp3) is 0.400. The molecule has 2 aromatic carbocycles. The van der Waals surface area contributed by atoms with E-state index in [9.17, 15) is 9.59 Å². The number of hydrogen-bond donors (Lipinski definition) is 1. The van der Waals surface area contributed by atoms with E-state index in [1.807, 2.05) is 31.2 Å². The molecule has 0 radical (unpaired) electrons. The van der Waals surface area contributed by atoms with Crippen LogP contribution in [-0.4, -0.2) is 24.6 Å². The Hall–Kier alpha value is -3.12. The van der Waals surface area contributed by atoms with Crippen molar-refractivity contribution in [1.29, 1.82) is 0 Å². The number of esters is 1. The second-order valence-corrected chi connectivity index (χ2v) is 10.6. The molecular formula is C30H35NO4S. The largest absolute Gasteiger partial charge is 0.490 e. The van der Waals surface area contributed by atoms with E-state index in [0.29, 0.717) is 22.0 Å². The molecule has 1 aliphatic rings. The van der Waals surface area contributed by atoms with Gasteiger partial charge >= 0.3 is 5.97 Å². The molecule has 190 valence electrons. The van der Waals surface area contributed by atoms with Gasteiger partial charge in [-0.15, -0.1) is 11.3 Å². The SMILES string of the molecule is CCOC(=O)c1c(NC(=O)c2ccc(OC3CCCC3)cc2)sc(C)c1-c1ccc([C@H](C)CC)cc1. The summed E-state index contributed by atoms with van der Waals surface area (Å²) in [5, 5.41) is 3.47. The number of rotatable bonds is 9. The molecule has 1 saturated carbocycles. The van der Waals surface area contributed by atoms with Crippen molar-refractivity contribution in [1.82, 2.24) is 0 Å². The van der Waals surface area contributed by atoms with E-state index in [-0.39, 0.29) is 18.6 Å². The number of thiophene rings is 1. The summed E-state index contributed by atoms with van der Waals surface area (Å²) in [7, 11) is 0. The van der Waals surface area contributed by atoms with Gasteiger partial charge in [0.1, 0.15) is 16.3 Å². The molecule has 1 N–H and O–H groups in total. The van der Waals surface area contributed by atoms with Gasteiger partial charge in [0.15, 0.2) is 0 Å². The van der Waals surface area contributed by atoms with Gasteiger partial charge < -0.3 is 14.8 Å². The first-order valence-corrected chi connectivity index (χ1v) is 13.7. The van der Waals surface area contributed by atoms with Crippen molar-refractivity contribution >= 4 is 28.2 Å². The topological polar surface area (TPSA) is 64.6 Å². The van der Waals surface area contributed by atoms with E-state index < -0.39 is 5.97 Å². The van der Waals surface area contributed by atoms with Crippen LogP contribution in [0.15, 0.2) is 48.5 Å². The summed E-state index contributed by atoms with van der Waals surface area (Å²) in [5.41, 5.74) is 3.93. The minimum atomic E-state index is -0.432. The normalized spacial score (nSPS) is 14.4. The number of aryl methyl sites for hydroxylation is 1. The minimum Gasteiger partial charge on any atom is -0.490 e. The van der Waals surface area contributed by atoms with Crippen LogP contribution in [0.25, 0.3) is 11.1 Å². The zero-order chi connectivity index (χ0) is 25.7. The Morgan fingerprint density at radius 2 is 1.69 bits per heavy atom. The summed E-state index contributed by atoms with van der Waals surface area (Å²) in [4.78, 5) is 27.1. The number of nitrogens with one attached hydrogen (secondary N) is 1. The number of amides is 1. The third kappa shape index (κ3) is 5.81. The Bertz CT molecular complexity index is 1190. The van der Waals surface area contributed by atoms with Gasteiger partial charge in [-0.2, -0.15) is 0 Å². The molecule has 1 heterocycles. The number of hydrogen-bond acceptors (Lipinski definition) is 5. The van der Waals surface area contributed by atoms with E-state index >= 15 is 0 Å². The maximum Gasteiger partial charge on any atom is 0.341 e. The summed E-state index contributed by atoms with van der Waals surface area (Å²) in [6.45, 7) is 8.39. The van der Waals surface area contributed by atoms with E-state index in [4.69, 9.17) is 9.47 Å². The van der Waals surface area contributed by atoms with Crippen molar-refractivity contribution in [3.63, 3.8) is 0 Å². The third-order valence-electron chi connectivity index (χ3n) is 6.89. The minimum absolute atomic E-state index is 0.260. The summed E-state index contributed by atoms with van der Waals surface area (Å²) >= 11 is 1.40. The molecular weight excluding hydrogens is 470 g/mol. The van der Waals surface area contributed by atoms with E-state index in [0.717, 1.165) is 41.0 Å². The van der Waals surface area contributed by atoms with Crippen LogP contribution < -0.4 is 10.1 Å². The zero-order valence-corrected chi connectivity index (χ0v) is 22.4. The van der Waals surface area contributed by atoms with E-state index in [1.165, 1.54) is 29.7 Å². The summed E-state index contributed by atoms with van der Waals surface area (Å²) < 4.78 is 11.4. The lowest BCUT2D eigenvalue weighted by atomic mass is 9.94. The second kappa shape index (κ2) is 11.7. The van der Waals surface area contributed by atoms with Crippen LogP contribution in [0, 0.1) is 6.92 Å². The van der Waals surface area contributed by atoms with Gasteiger partial charge in [0.2, 0.25) is 0 Å². The molecule has 1 aromatic heterocycles. The first-order chi connectivity index (χ1) is 17.4. The second-order valence-electron chi connectivity index (χ2n) is 9.39. The van der Waals surface area contributed by atoms with Crippen LogP contribution in [0.4, 0.5) is 5.00 Å². The molecule has 1 atom stereocenters. The Morgan fingerprint density at radius 3 is 2.31 bits per heavy atom. The smallest absolute Gasteiger partial charge is 0.341 e. The highest BCUT2D eigenvalue weighted by molar-refractivity contribution is 7.17. The Kier molecular flexibility index (Phi) is 8.47. The Morgan fingerprint density at radius 1 is 1.03 bits per heavy atom. The van der Waals surface area contributed by atoms with Gasteiger partial charge in [-0.1, -0.05) is 38.1 Å². The average Bonchev–Trinajstić information content (AvgIpc) is 3.51. The fourth-order valence-corrected chi connectivity index (χ4v) is 5.71. The van der Waals surface area contributed by atoms with Gasteiger partial charge in [0.25, 0.3) is 5.91 Å². The van der Waals surface area contributed by atoms with Gasteiger partial charge in [0.05, 0.1) is 12.7 Å². The Labute approximate surface area is 217 Å². The summed E-state index contributed by atoms with van der Waals surface area (Å²) in [6.07, 6.45) is 5.91. The Balaban J connectivity index is 1.59. The lowest BCUT2D eigenvalue weighted by molar-refractivity contribution is 0.0529. The molecule has 0 aliphatic heterocycles. The van der Waals surface area contributed by atoms with Crippen LogP contribution >= 0.6 is 11.3 Å². The van der Waals surface area contributed by atoms with Gasteiger partial charge in [-0.05, 0) is 87.3 Å². The number of carbonyl (C=O) groups excluding carboxylic acids is 2. The van der Waals surface area contributed by atoms with Gasteiger partial charge in [-0.25, -0.2) is 4.79 Å².